The zero-order valence-corrected chi connectivity index (χ0v) is 12.2. The molecule has 0 fully saturated rings. The fourth-order valence-electron chi connectivity index (χ4n) is 1.74. The highest BCUT2D eigenvalue weighted by molar-refractivity contribution is 9.10. The van der Waals surface area contributed by atoms with Crippen LogP contribution < -0.4 is 5.32 Å². The molecule has 0 amide bonds. The third kappa shape index (κ3) is 6.15. The number of ether oxygens (including phenoxy) is 1. The van der Waals surface area contributed by atoms with Gasteiger partial charge in [-0.25, -0.2) is 0 Å². The molecule has 1 N–H and O–H groups in total. The van der Waals surface area contributed by atoms with Gasteiger partial charge in [0.15, 0.2) is 0 Å². The fraction of sp³-hybridized carbons (Fsp3) is 0.615. The Labute approximate surface area is 112 Å². The second kappa shape index (κ2) is 8.61. The molecule has 0 saturated carbocycles. The highest BCUT2D eigenvalue weighted by atomic mass is 79.9. The highest BCUT2D eigenvalue weighted by Gasteiger charge is 2.09. The SMILES string of the molecule is CCCNC(CCOC)Cc1cncc(Br)c1. The molecule has 0 spiro atoms. The van der Waals surface area contributed by atoms with E-state index < -0.39 is 0 Å². The van der Waals surface area contributed by atoms with Crippen LogP contribution in [0.3, 0.4) is 0 Å². The Bertz CT molecular complexity index is 312. The molecule has 1 rings (SSSR count). The molecule has 0 aromatic carbocycles. The number of rotatable bonds is 8. The number of pyridine rings is 1. The second-order valence-electron chi connectivity index (χ2n) is 4.15. The molecule has 1 heterocycles. The smallest absolute Gasteiger partial charge is 0.0477 e. The van der Waals surface area contributed by atoms with E-state index in [2.05, 4.69) is 39.2 Å². The van der Waals surface area contributed by atoms with E-state index in [4.69, 9.17) is 4.74 Å². The first-order valence-corrected chi connectivity index (χ1v) is 6.87. The van der Waals surface area contributed by atoms with Crippen LogP contribution in [0.4, 0.5) is 0 Å². The van der Waals surface area contributed by atoms with E-state index in [1.165, 1.54) is 5.56 Å². The van der Waals surface area contributed by atoms with Gasteiger partial charge in [0.25, 0.3) is 0 Å². The Morgan fingerprint density at radius 2 is 2.29 bits per heavy atom. The third-order valence-electron chi connectivity index (χ3n) is 2.60. The molecule has 0 aliphatic carbocycles. The van der Waals surface area contributed by atoms with Crippen molar-refractivity contribution in [1.82, 2.24) is 10.3 Å². The van der Waals surface area contributed by atoms with Crippen LogP contribution in [-0.2, 0) is 11.2 Å². The van der Waals surface area contributed by atoms with Gasteiger partial charge in [0.1, 0.15) is 0 Å². The molecule has 1 aromatic rings. The number of halogens is 1. The first-order chi connectivity index (χ1) is 8.26. The molecule has 4 heteroatoms. The zero-order valence-electron chi connectivity index (χ0n) is 10.6. The maximum atomic E-state index is 5.15. The van der Waals surface area contributed by atoms with Crippen molar-refractivity contribution < 1.29 is 4.74 Å². The minimum atomic E-state index is 0.464. The van der Waals surface area contributed by atoms with Gasteiger partial charge in [-0.2, -0.15) is 0 Å². The summed E-state index contributed by atoms with van der Waals surface area (Å²) in [6.45, 7) is 4.03. The zero-order chi connectivity index (χ0) is 12.5. The summed E-state index contributed by atoms with van der Waals surface area (Å²) in [6.07, 6.45) is 6.92. The van der Waals surface area contributed by atoms with Crippen molar-refractivity contribution in [3.05, 3.63) is 28.5 Å². The molecule has 3 nitrogen and oxygen atoms in total. The second-order valence-corrected chi connectivity index (χ2v) is 5.06. The van der Waals surface area contributed by atoms with Crippen LogP contribution in [0.5, 0.6) is 0 Å². The molecule has 1 atom stereocenters. The number of methoxy groups -OCH3 is 1. The summed E-state index contributed by atoms with van der Waals surface area (Å²) < 4.78 is 6.19. The minimum absolute atomic E-state index is 0.464. The van der Waals surface area contributed by atoms with Crippen LogP contribution in [0.25, 0.3) is 0 Å². The molecule has 17 heavy (non-hydrogen) atoms. The van der Waals surface area contributed by atoms with E-state index in [1.54, 1.807) is 7.11 Å². The normalized spacial score (nSPS) is 12.6. The first kappa shape index (κ1) is 14.6. The maximum absolute atomic E-state index is 5.15. The van der Waals surface area contributed by atoms with Gasteiger partial charge >= 0.3 is 0 Å². The van der Waals surface area contributed by atoms with Crippen LogP contribution in [0.15, 0.2) is 22.9 Å². The largest absolute Gasteiger partial charge is 0.385 e. The monoisotopic (exact) mass is 300 g/mol. The minimum Gasteiger partial charge on any atom is -0.385 e. The Hall–Kier alpha value is -0.450. The van der Waals surface area contributed by atoms with Crippen LogP contribution in [0.1, 0.15) is 25.3 Å². The molecule has 96 valence electrons. The van der Waals surface area contributed by atoms with Crippen molar-refractivity contribution in [2.45, 2.75) is 32.2 Å². The van der Waals surface area contributed by atoms with Gasteiger partial charge in [-0.1, -0.05) is 6.92 Å². The number of nitrogens with one attached hydrogen (secondary N) is 1. The Morgan fingerprint density at radius 1 is 1.47 bits per heavy atom. The Balaban J connectivity index is 2.51. The van der Waals surface area contributed by atoms with Gasteiger partial charge in [0.2, 0.25) is 0 Å². The molecule has 0 saturated heterocycles. The lowest BCUT2D eigenvalue weighted by atomic mass is 10.1. The van der Waals surface area contributed by atoms with Crippen molar-refractivity contribution in [3.63, 3.8) is 0 Å². The molecule has 0 radical (unpaired) electrons. The highest BCUT2D eigenvalue weighted by Crippen LogP contribution is 2.12. The van der Waals surface area contributed by atoms with Gasteiger partial charge in [-0.15, -0.1) is 0 Å². The molecule has 1 unspecified atom stereocenters. The summed E-state index contributed by atoms with van der Waals surface area (Å²) >= 11 is 3.45. The van der Waals surface area contributed by atoms with E-state index >= 15 is 0 Å². The maximum Gasteiger partial charge on any atom is 0.0477 e. The molecule has 1 aromatic heterocycles. The van der Waals surface area contributed by atoms with E-state index in [-0.39, 0.29) is 0 Å². The fourth-order valence-corrected chi connectivity index (χ4v) is 2.15. The van der Waals surface area contributed by atoms with Crippen LogP contribution >= 0.6 is 15.9 Å². The summed E-state index contributed by atoms with van der Waals surface area (Å²) in [4.78, 5) is 4.19. The predicted octanol–water partition coefficient (Wildman–Crippen LogP) is 2.79. The lowest BCUT2D eigenvalue weighted by Crippen LogP contribution is -2.32. The van der Waals surface area contributed by atoms with Gasteiger partial charge in [0.05, 0.1) is 0 Å². The van der Waals surface area contributed by atoms with Crippen molar-refractivity contribution >= 4 is 15.9 Å². The number of aromatic nitrogens is 1. The molecule has 0 bridgehead atoms. The molecule has 0 aliphatic heterocycles. The molecular formula is C13H21BrN2O. The summed E-state index contributed by atoms with van der Waals surface area (Å²) in [5, 5.41) is 3.55. The van der Waals surface area contributed by atoms with Crippen molar-refractivity contribution in [2.24, 2.45) is 0 Å². The van der Waals surface area contributed by atoms with Crippen molar-refractivity contribution in [3.8, 4) is 0 Å². The van der Waals surface area contributed by atoms with E-state index in [0.29, 0.717) is 6.04 Å². The molecular weight excluding hydrogens is 280 g/mol. The first-order valence-electron chi connectivity index (χ1n) is 6.08. The van der Waals surface area contributed by atoms with E-state index in [1.807, 2.05) is 12.4 Å². The standard InChI is InChI=1S/C13H21BrN2O/c1-3-5-16-13(4-6-17-2)8-11-7-12(14)10-15-9-11/h7,9-10,13,16H,3-6,8H2,1-2H3. The Kier molecular flexibility index (Phi) is 7.40. The average Bonchev–Trinajstić information content (AvgIpc) is 2.32. The number of hydrogen-bond acceptors (Lipinski definition) is 3. The summed E-state index contributed by atoms with van der Waals surface area (Å²) in [7, 11) is 1.75. The van der Waals surface area contributed by atoms with Gasteiger partial charge < -0.3 is 10.1 Å². The number of hydrogen-bond donors (Lipinski definition) is 1. The van der Waals surface area contributed by atoms with Gasteiger partial charge in [0, 0.05) is 36.6 Å². The van der Waals surface area contributed by atoms with Gasteiger partial charge in [-0.05, 0) is 53.4 Å². The van der Waals surface area contributed by atoms with Crippen molar-refractivity contribution in [1.29, 1.82) is 0 Å². The van der Waals surface area contributed by atoms with E-state index in [0.717, 1.165) is 36.9 Å². The van der Waals surface area contributed by atoms with Gasteiger partial charge in [-0.3, -0.25) is 4.98 Å². The molecule has 0 aliphatic rings. The predicted molar refractivity (Wildman–Crippen MR) is 74.2 cm³/mol. The summed E-state index contributed by atoms with van der Waals surface area (Å²) in [6, 6.07) is 2.59. The van der Waals surface area contributed by atoms with Crippen LogP contribution in [0, 0.1) is 0 Å². The Morgan fingerprint density at radius 3 is 2.94 bits per heavy atom. The summed E-state index contributed by atoms with van der Waals surface area (Å²) in [5.41, 5.74) is 1.25. The van der Waals surface area contributed by atoms with Crippen LogP contribution in [-0.4, -0.2) is 31.3 Å². The van der Waals surface area contributed by atoms with Crippen LogP contribution in [0.2, 0.25) is 0 Å². The quantitative estimate of drug-likeness (QED) is 0.802. The average molecular weight is 301 g/mol. The summed E-state index contributed by atoms with van der Waals surface area (Å²) in [5.74, 6) is 0. The topological polar surface area (TPSA) is 34.1 Å². The lowest BCUT2D eigenvalue weighted by Gasteiger charge is -2.18. The van der Waals surface area contributed by atoms with E-state index in [9.17, 15) is 0 Å². The van der Waals surface area contributed by atoms with Crippen molar-refractivity contribution in [2.75, 3.05) is 20.3 Å². The lowest BCUT2D eigenvalue weighted by molar-refractivity contribution is 0.182. The third-order valence-corrected chi connectivity index (χ3v) is 3.03. The number of nitrogens with zero attached hydrogens (tertiary/aromatic N) is 1.